The molecule has 0 saturated carbocycles. The van der Waals surface area contributed by atoms with Crippen LogP contribution in [0.3, 0.4) is 0 Å². The summed E-state index contributed by atoms with van der Waals surface area (Å²) in [6.45, 7) is 19.9. The van der Waals surface area contributed by atoms with E-state index in [0.717, 1.165) is 38.5 Å². The lowest BCUT2D eigenvalue weighted by molar-refractivity contribution is -0.317. The van der Waals surface area contributed by atoms with Crippen LogP contribution in [0, 0.1) is 17.8 Å². The highest BCUT2D eigenvalue weighted by atomic mass is 16.7. The van der Waals surface area contributed by atoms with Gasteiger partial charge in [0.1, 0.15) is 30.0 Å². The average molecular weight is 1050 g/mol. The molecule has 424 valence electrons. The molecule has 15 nitrogen and oxygen atoms in total. The number of amides is 1. The van der Waals surface area contributed by atoms with E-state index in [1.54, 1.807) is 60.4 Å². The van der Waals surface area contributed by atoms with Crippen LogP contribution in [-0.2, 0) is 38.0 Å². The van der Waals surface area contributed by atoms with Gasteiger partial charge in [0.25, 0.3) is 0 Å². The molecule has 15 heteroatoms. The van der Waals surface area contributed by atoms with Crippen LogP contribution in [0.1, 0.15) is 153 Å². The number of carbonyl (C=O) groups is 2. The molecule has 3 fully saturated rings. The second-order valence-electron chi connectivity index (χ2n) is 22.2. The zero-order valence-electron chi connectivity index (χ0n) is 47.7. The third-order valence-corrected chi connectivity index (χ3v) is 15.6. The molecule has 0 aliphatic carbocycles. The summed E-state index contributed by atoms with van der Waals surface area (Å²) in [6.07, 6.45) is 22.3. The highest BCUT2D eigenvalue weighted by Crippen LogP contribution is 2.40. The largest absolute Gasteiger partial charge is 0.459 e. The first kappa shape index (κ1) is 65.2. The van der Waals surface area contributed by atoms with Crippen molar-refractivity contribution in [1.29, 1.82) is 0 Å². The van der Waals surface area contributed by atoms with Crippen molar-refractivity contribution in [2.24, 2.45) is 17.8 Å². The maximum absolute atomic E-state index is 14.5. The Balaban J connectivity index is 1.83. The molecule has 18 atom stereocenters. The number of ether oxygens (including phenoxy) is 6. The number of methoxy groups -OCH3 is 1. The number of hydrogen-bond acceptors (Lipinski definition) is 14. The van der Waals surface area contributed by atoms with Gasteiger partial charge in [-0.15, -0.1) is 0 Å². The Morgan fingerprint density at radius 3 is 1.85 bits per heavy atom. The van der Waals surface area contributed by atoms with Crippen LogP contribution >= 0.6 is 0 Å². The topological polar surface area (TPSA) is 197 Å². The van der Waals surface area contributed by atoms with Crippen LogP contribution in [0.15, 0.2) is 72.9 Å². The monoisotopic (exact) mass is 1040 g/mol. The lowest BCUT2D eigenvalue weighted by Crippen LogP contribution is -2.61. The van der Waals surface area contributed by atoms with E-state index in [2.05, 4.69) is 67.7 Å². The summed E-state index contributed by atoms with van der Waals surface area (Å²) in [5.41, 5.74) is -4.58. The van der Waals surface area contributed by atoms with Gasteiger partial charge in [0.05, 0.1) is 47.6 Å². The van der Waals surface area contributed by atoms with E-state index < -0.39 is 108 Å². The van der Waals surface area contributed by atoms with Crippen molar-refractivity contribution in [3.05, 3.63) is 72.9 Å². The summed E-state index contributed by atoms with van der Waals surface area (Å²) in [6, 6.07) is -1.26. The minimum Gasteiger partial charge on any atom is -0.459 e. The smallest absolute Gasteiger partial charge is 0.311 e. The number of carbonyl (C=O) groups excluding carboxylic acids is 2. The maximum Gasteiger partial charge on any atom is 0.311 e. The summed E-state index contributed by atoms with van der Waals surface area (Å²) in [7, 11) is 5.00. The molecule has 0 aromatic carbocycles. The second kappa shape index (κ2) is 31.4. The minimum atomic E-state index is -1.84. The van der Waals surface area contributed by atoms with Crippen molar-refractivity contribution in [2.75, 3.05) is 27.7 Å². The van der Waals surface area contributed by atoms with Crippen LogP contribution in [-0.4, -0.2) is 165 Å². The summed E-state index contributed by atoms with van der Waals surface area (Å²) >= 11 is 0. The van der Waals surface area contributed by atoms with Crippen molar-refractivity contribution in [3.8, 4) is 0 Å². The number of allylic oxidation sites excluding steroid dienone is 12. The molecule has 0 bridgehead atoms. The highest BCUT2D eigenvalue weighted by molar-refractivity contribution is 5.76. The molecule has 1 amide bonds. The van der Waals surface area contributed by atoms with Crippen LogP contribution < -0.4 is 0 Å². The zero-order valence-corrected chi connectivity index (χ0v) is 47.7. The number of aliphatic hydroxyl groups excluding tert-OH is 3. The van der Waals surface area contributed by atoms with Crippen molar-refractivity contribution in [1.82, 2.24) is 9.80 Å². The maximum atomic E-state index is 14.5. The first-order chi connectivity index (χ1) is 34.9. The molecule has 3 rings (SSSR count). The average Bonchev–Trinajstić information content (AvgIpc) is 3.35. The van der Waals surface area contributed by atoms with E-state index in [-0.39, 0.29) is 37.5 Å². The third-order valence-electron chi connectivity index (χ3n) is 15.6. The molecule has 0 spiro atoms. The van der Waals surface area contributed by atoms with Gasteiger partial charge < -0.3 is 63.8 Å². The number of esters is 1. The first-order valence-corrected chi connectivity index (χ1v) is 27.6. The van der Waals surface area contributed by atoms with Gasteiger partial charge in [-0.2, -0.15) is 0 Å². The molecular weight excluding hydrogens is 945 g/mol. The number of rotatable bonds is 21. The third kappa shape index (κ3) is 19.1. The van der Waals surface area contributed by atoms with Crippen molar-refractivity contribution >= 4 is 11.9 Å². The van der Waals surface area contributed by atoms with E-state index >= 15 is 0 Å². The molecule has 0 aromatic rings. The molecule has 3 aliphatic rings. The predicted molar refractivity (Wildman–Crippen MR) is 291 cm³/mol. The number of cyclic esters (lactones) is 1. The van der Waals surface area contributed by atoms with Crippen LogP contribution in [0.25, 0.3) is 0 Å². The van der Waals surface area contributed by atoms with Gasteiger partial charge in [-0.25, -0.2) is 0 Å². The Morgan fingerprint density at radius 1 is 0.784 bits per heavy atom. The Morgan fingerprint density at radius 2 is 1.32 bits per heavy atom. The van der Waals surface area contributed by atoms with Gasteiger partial charge in [-0.05, 0) is 126 Å². The van der Waals surface area contributed by atoms with Crippen LogP contribution in [0.2, 0.25) is 0 Å². The Bertz CT molecular complexity index is 1850. The molecule has 3 heterocycles. The van der Waals surface area contributed by atoms with Gasteiger partial charge in [-0.3, -0.25) is 9.59 Å². The van der Waals surface area contributed by atoms with E-state index in [1.165, 1.54) is 14.0 Å². The fourth-order valence-corrected chi connectivity index (χ4v) is 10.8. The summed E-state index contributed by atoms with van der Waals surface area (Å²) in [4.78, 5) is 31.6. The first-order valence-electron chi connectivity index (χ1n) is 27.6. The second-order valence-corrected chi connectivity index (χ2v) is 22.2. The van der Waals surface area contributed by atoms with E-state index in [1.807, 2.05) is 37.9 Å². The fourth-order valence-electron chi connectivity index (χ4n) is 10.8. The lowest BCUT2D eigenvalue weighted by atomic mass is 9.77. The Labute approximate surface area is 445 Å². The van der Waals surface area contributed by atoms with E-state index in [9.17, 15) is 35.1 Å². The van der Waals surface area contributed by atoms with Crippen molar-refractivity contribution < 1.29 is 63.5 Å². The van der Waals surface area contributed by atoms with Gasteiger partial charge in [0.2, 0.25) is 5.91 Å². The van der Waals surface area contributed by atoms with E-state index in [4.69, 9.17) is 28.4 Å². The van der Waals surface area contributed by atoms with E-state index in [0.29, 0.717) is 19.4 Å². The molecule has 74 heavy (non-hydrogen) atoms. The standard InChI is InChI=1S/C59H100N2O13/c1-15-17-18-19-20-21-22-23-24-25-26-27-28-29-30-31-32-33-34-35-48(62)61(13)46-36-41(4)70-56(50(46)63)74-54-42(5)51(73-49-38-58(10,69-14)53(65)45(8)71-49)43(6)55(66)72-47(16-2)59(11,68)52(64)44(7)60(12)39-40(3)37-57(54,9)67/h17-18,20-21,23-24,26-27,29-30,32-33,40-47,49-54,56,63-65,67-68H,15-16,19,22,25,28,31,34-39H2,1-14H3/b18-17-,21-20-,24-23-,27-26-,30-29-,33-32-/t40-,41-,42+,43-,44-,45+,46+,47-,49?,50-,51+,52-,53+,54-,56?,57-,58-,59-/m1/s1. The molecule has 0 aromatic heterocycles. The quantitative estimate of drug-likeness (QED) is 0.0544. The molecule has 5 N–H and O–H groups in total. The van der Waals surface area contributed by atoms with Crippen molar-refractivity contribution in [2.45, 2.75) is 244 Å². The summed E-state index contributed by atoms with van der Waals surface area (Å²) in [5.74, 6) is -3.01. The Hall–Kier alpha value is -3.06. The number of likely N-dealkylation sites (N-methyl/N-ethyl adjacent to an activating group) is 2. The Kier molecular flexibility index (Phi) is 27.6. The van der Waals surface area contributed by atoms with Crippen LogP contribution in [0.4, 0.5) is 0 Å². The molecular formula is C59H100N2O13. The molecule has 3 aliphatic heterocycles. The predicted octanol–water partition coefficient (Wildman–Crippen LogP) is 8.28. The SMILES string of the molecule is CC/C=C\C/C=C\C/C=C\C/C=C\C/C=C\C/C=C\CCC(=O)N(C)[C@H]1C[C@@H](C)OC(O[C@@H]2[C@@H](C)[C@H](OC3C[C@@](C)(OC)[C@@H](O)[C@H](C)O3)[C@@H](C)C(=O)O[C@H](CC)[C@@](C)(O)[C@H](O)[C@@H](C)N(C)C[C@H](C)C[C@@]2(C)O)[C@@H]1O. The normalized spacial score (nSPS) is 38.9. The van der Waals surface area contributed by atoms with Gasteiger partial charge in [-0.1, -0.05) is 101 Å². The summed E-state index contributed by atoms with van der Waals surface area (Å²) in [5, 5.41) is 59.5. The molecule has 3 saturated heterocycles. The number of hydrogen-bond donors (Lipinski definition) is 5. The number of nitrogens with zero attached hydrogens (tertiary/aromatic N) is 2. The minimum absolute atomic E-state index is 0.0890. The van der Waals surface area contributed by atoms with Crippen LogP contribution in [0.5, 0.6) is 0 Å². The molecule has 2 unspecified atom stereocenters. The lowest BCUT2D eigenvalue weighted by Gasteiger charge is -2.49. The van der Waals surface area contributed by atoms with Gasteiger partial charge in [0, 0.05) is 45.5 Å². The van der Waals surface area contributed by atoms with Gasteiger partial charge in [0.15, 0.2) is 12.6 Å². The van der Waals surface area contributed by atoms with Crippen molar-refractivity contribution in [3.63, 3.8) is 0 Å². The zero-order chi connectivity index (χ0) is 55.4. The van der Waals surface area contributed by atoms with Gasteiger partial charge >= 0.3 is 5.97 Å². The summed E-state index contributed by atoms with van der Waals surface area (Å²) < 4.78 is 38.1. The number of aliphatic hydroxyl groups is 5. The highest BCUT2D eigenvalue weighted by Gasteiger charge is 2.53. The molecule has 0 radical (unpaired) electrons. The fraction of sp³-hybridized carbons (Fsp3) is 0.763.